The van der Waals surface area contributed by atoms with Crippen molar-refractivity contribution < 1.29 is 9.90 Å². The number of rotatable bonds is 4. The van der Waals surface area contributed by atoms with Gasteiger partial charge in [-0.2, -0.15) is 0 Å². The summed E-state index contributed by atoms with van der Waals surface area (Å²) in [6.45, 7) is 12.6. The zero-order chi connectivity index (χ0) is 24.4. The van der Waals surface area contributed by atoms with Gasteiger partial charge in [0.1, 0.15) is 5.76 Å². The van der Waals surface area contributed by atoms with E-state index < -0.39 is 0 Å². The zero-order valence-corrected chi connectivity index (χ0v) is 20.7. The second-order valence-electron chi connectivity index (χ2n) is 10.3. The van der Waals surface area contributed by atoms with Crippen molar-refractivity contribution in [2.24, 2.45) is 0 Å². The zero-order valence-electron chi connectivity index (χ0n) is 20.7. The molecule has 0 fully saturated rings. The lowest BCUT2D eigenvalue weighted by Gasteiger charge is -2.32. The van der Waals surface area contributed by atoms with Gasteiger partial charge in [-0.25, -0.2) is 0 Å². The van der Waals surface area contributed by atoms with Crippen molar-refractivity contribution in [3.63, 3.8) is 0 Å². The molecule has 5 nitrogen and oxygen atoms in total. The summed E-state index contributed by atoms with van der Waals surface area (Å²) in [7, 11) is 0. The molecule has 5 heteroatoms. The highest BCUT2D eigenvalue weighted by molar-refractivity contribution is 6.23. The first-order valence-corrected chi connectivity index (χ1v) is 12.0. The number of Topliss-reactive ketones (excluding diaryl/α,β-unsaturated/α-hetero) is 1. The van der Waals surface area contributed by atoms with Gasteiger partial charge in [0.2, 0.25) is 5.78 Å². The summed E-state index contributed by atoms with van der Waals surface area (Å²) in [5.41, 5.74) is 8.47. The van der Waals surface area contributed by atoms with E-state index in [0.717, 1.165) is 44.8 Å². The van der Waals surface area contributed by atoms with Crippen LogP contribution in [0.15, 0.2) is 76.2 Å². The van der Waals surface area contributed by atoms with Crippen LogP contribution in [0.4, 0.5) is 5.69 Å². The number of anilines is 1. The van der Waals surface area contributed by atoms with Gasteiger partial charge in [0, 0.05) is 52.6 Å². The van der Waals surface area contributed by atoms with Crippen LogP contribution in [-0.4, -0.2) is 20.9 Å². The number of aromatic nitrogens is 2. The van der Waals surface area contributed by atoms with Gasteiger partial charge in [-0.1, -0.05) is 47.6 Å². The SMILES string of the molecule is CC/C(C1=Cc2ccncc2C1(C)C)=C1\C(=O)C(C(/CC)=C2/Nc3ccncc3C2(C)C)=C1O. The van der Waals surface area contributed by atoms with E-state index in [1.807, 2.05) is 38.4 Å². The third kappa shape index (κ3) is 2.89. The summed E-state index contributed by atoms with van der Waals surface area (Å²) in [6.07, 6.45) is 10.8. The standard InChI is InChI=1S/C29H31N3O2/c1-7-17(19-13-16-9-11-30-14-20(16)28(19,3)4)23-25(33)24(26(23)34)18(8-2)27-29(5,6)21-15-31-12-10-22(21)32-27/h9-15,32-33H,7-8H2,1-6H3/b23-17+,27-18+. The molecule has 34 heavy (non-hydrogen) atoms. The van der Waals surface area contributed by atoms with Crippen LogP contribution in [0.1, 0.15) is 71.1 Å². The maximum Gasteiger partial charge on any atom is 0.201 e. The minimum atomic E-state index is -0.333. The number of nitrogens with zero attached hydrogens (tertiary/aromatic N) is 2. The Morgan fingerprint density at radius 1 is 0.941 bits per heavy atom. The van der Waals surface area contributed by atoms with Crippen LogP contribution in [-0.2, 0) is 15.6 Å². The number of nitrogens with one attached hydrogen (secondary N) is 1. The molecule has 2 aliphatic carbocycles. The number of carbonyl (C=O) groups is 1. The van der Waals surface area contributed by atoms with Gasteiger partial charge in [-0.3, -0.25) is 14.8 Å². The summed E-state index contributed by atoms with van der Waals surface area (Å²) >= 11 is 0. The quantitative estimate of drug-likeness (QED) is 0.530. The Labute approximate surface area is 201 Å². The molecule has 2 aromatic rings. The van der Waals surface area contributed by atoms with Crippen molar-refractivity contribution >= 4 is 17.5 Å². The molecule has 2 aromatic heterocycles. The van der Waals surface area contributed by atoms with Gasteiger partial charge in [0.15, 0.2) is 0 Å². The maximum atomic E-state index is 13.7. The second kappa shape index (κ2) is 7.52. The molecule has 0 aromatic carbocycles. The largest absolute Gasteiger partial charge is 0.506 e. The summed E-state index contributed by atoms with van der Waals surface area (Å²) in [5.74, 6) is 0.0415. The molecule has 1 aliphatic heterocycles. The van der Waals surface area contributed by atoms with Gasteiger partial charge in [-0.15, -0.1) is 0 Å². The van der Waals surface area contributed by atoms with Crippen molar-refractivity contribution in [1.29, 1.82) is 0 Å². The van der Waals surface area contributed by atoms with Gasteiger partial charge in [-0.05, 0) is 52.8 Å². The van der Waals surface area contributed by atoms with Gasteiger partial charge in [0.25, 0.3) is 0 Å². The molecule has 174 valence electrons. The van der Waals surface area contributed by atoms with Gasteiger partial charge in [0.05, 0.1) is 11.1 Å². The minimum Gasteiger partial charge on any atom is -0.506 e. The van der Waals surface area contributed by atoms with Gasteiger partial charge < -0.3 is 10.4 Å². The van der Waals surface area contributed by atoms with Crippen molar-refractivity contribution in [2.75, 3.05) is 5.32 Å². The van der Waals surface area contributed by atoms with E-state index in [0.29, 0.717) is 24.0 Å². The topological polar surface area (TPSA) is 75.1 Å². The van der Waals surface area contributed by atoms with Crippen molar-refractivity contribution in [2.45, 2.75) is 65.2 Å². The summed E-state index contributed by atoms with van der Waals surface area (Å²) in [5, 5.41) is 14.8. The lowest BCUT2D eigenvalue weighted by atomic mass is 9.71. The number of ketones is 1. The molecule has 0 radical (unpaired) electrons. The number of fused-ring (bicyclic) bond motifs is 2. The molecule has 0 saturated carbocycles. The fourth-order valence-electron chi connectivity index (χ4n) is 5.82. The first-order valence-electron chi connectivity index (χ1n) is 12.0. The van der Waals surface area contributed by atoms with Crippen LogP contribution in [0.2, 0.25) is 0 Å². The third-order valence-corrected chi connectivity index (χ3v) is 7.75. The van der Waals surface area contributed by atoms with Crippen molar-refractivity contribution in [3.05, 3.63) is 92.9 Å². The molecule has 0 atom stereocenters. The maximum absolute atomic E-state index is 13.7. The Morgan fingerprint density at radius 2 is 1.59 bits per heavy atom. The molecule has 0 amide bonds. The molecule has 5 rings (SSSR count). The molecule has 3 heterocycles. The highest BCUT2D eigenvalue weighted by Crippen LogP contribution is 2.51. The van der Waals surface area contributed by atoms with Crippen LogP contribution >= 0.6 is 0 Å². The number of pyridine rings is 2. The van der Waals surface area contributed by atoms with E-state index in [1.165, 1.54) is 0 Å². The van der Waals surface area contributed by atoms with Crippen molar-refractivity contribution in [1.82, 2.24) is 9.97 Å². The van der Waals surface area contributed by atoms with E-state index in [9.17, 15) is 9.90 Å². The number of hydrogen-bond donors (Lipinski definition) is 2. The Morgan fingerprint density at radius 3 is 2.18 bits per heavy atom. The number of hydrogen-bond acceptors (Lipinski definition) is 5. The third-order valence-electron chi connectivity index (χ3n) is 7.75. The molecular weight excluding hydrogens is 422 g/mol. The van der Waals surface area contributed by atoms with E-state index in [2.05, 4.69) is 49.1 Å². The van der Waals surface area contributed by atoms with Gasteiger partial charge >= 0.3 is 0 Å². The molecular formula is C29H31N3O2. The monoisotopic (exact) mass is 453 g/mol. The van der Waals surface area contributed by atoms with E-state index in [1.54, 1.807) is 12.4 Å². The molecule has 0 spiro atoms. The van der Waals surface area contributed by atoms with Crippen molar-refractivity contribution in [3.8, 4) is 0 Å². The predicted molar refractivity (Wildman–Crippen MR) is 135 cm³/mol. The average Bonchev–Trinajstić information content (AvgIpc) is 3.25. The highest BCUT2D eigenvalue weighted by atomic mass is 16.3. The van der Waals surface area contributed by atoms with Crippen LogP contribution < -0.4 is 5.32 Å². The summed E-state index contributed by atoms with van der Waals surface area (Å²) < 4.78 is 0. The van der Waals surface area contributed by atoms with Crippen LogP contribution in [0.25, 0.3) is 6.08 Å². The molecule has 0 unspecified atom stereocenters. The minimum absolute atomic E-state index is 0.0730. The van der Waals surface area contributed by atoms with Crippen LogP contribution in [0.3, 0.4) is 0 Å². The predicted octanol–water partition coefficient (Wildman–Crippen LogP) is 6.32. The van der Waals surface area contributed by atoms with Crippen LogP contribution in [0.5, 0.6) is 0 Å². The molecule has 0 bridgehead atoms. The Balaban J connectivity index is 1.64. The first kappa shape index (κ1) is 22.3. The number of aliphatic hydroxyl groups excluding tert-OH is 1. The molecule has 0 saturated heterocycles. The fourth-order valence-corrected chi connectivity index (χ4v) is 5.82. The van der Waals surface area contributed by atoms with E-state index in [4.69, 9.17) is 0 Å². The number of allylic oxidation sites excluding steroid dienone is 6. The first-order chi connectivity index (χ1) is 16.1. The number of aliphatic hydroxyl groups is 1. The normalized spacial score (nSPS) is 22.5. The van der Waals surface area contributed by atoms with E-state index in [-0.39, 0.29) is 22.4 Å². The Kier molecular flexibility index (Phi) is 4.94. The smallest absolute Gasteiger partial charge is 0.201 e. The second-order valence-corrected chi connectivity index (χ2v) is 10.3. The molecule has 2 N–H and O–H groups in total. The number of carbonyl (C=O) groups excluding carboxylic acids is 1. The molecule has 3 aliphatic rings. The Hall–Kier alpha value is -3.47. The highest BCUT2D eigenvalue weighted by Gasteiger charge is 2.45. The van der Waals surface area contributed by atoms with Crippen LogP contribution in [0, 0.1) is 0 Å². The lowest BCUT2D eigenvalue weighted by Crippen LogP contribution is -2.30. The summed E-state index contributed by atoms with van der Waals surface area (Å²) in [6, 6.07) is 3.96. The Bertz CT molecular complexity index is 1370. The lowest BCUT2D eigenvalue weighted by molar-refractivity contribution is -0.113. The summed E-state index contributed by atoms with van der Waals surface area (Å²) in [4.78, 5) is 22.3. The average molecular weight is 454 g/mol. The fraction of sp³-hybridized carbons (Fsp3) is 0.345. The van der Waals surface area contributed by atoms with E-state index >= 15 is 0 Å².